The molecular weight excluding hydrogens is 298 g/mol. The number of aliphatic imine (C=N–C) groups is 1. The predicted molar refractivity (Wildman–Crippen MR) is 99.8 cm³/mol. The molecule has 0 aromatic heterocycles. The van der Waals surface area contributed by atoms with Gasteiger partial charge in [0.2, 0.25) is 0 Å². The summed E-state index contributed by atoms with van der Waals surface area (Å²) in [5.74, 6) is 0.815. The maximum Gasteiger partial charge on any atom is 0.191 e. The van der Waals surface area contributed by atoms with Gasteiger partial charge in [-0.2, -0.15) is 0 Å². The molecule has 128 valence electrons. The summed E-state index contributed by atoms with van der Waals surface area (Å²) in [6.45, 7) is 6.17. The van der Waals surface area contributed by atoms with Crippen LogP contribution in [0.15, 0.2) is 59.6 Å². The fraction of sp³-hybridized carbons (Fsp3) is 0.350. The van der Waals surface area contributed by atoms with E-state index in [2.05, 4.69) is 65.9 Å². The Bertz CT molecular complexity index is 638. The van der Waals surface area contributed by atoms with Crippen molar-refractivity contribution < 1.29 is 4.74 Å². The summed E-state index contributed by atoms with van der Waals surface area (Å²) in [5.41, 5.74) is 3.58. The van der Waals surface area contributed by atoms with Crippen LogP contribution >= 0.6 is 0 Å². The highest BCUT2D eigenvalue weighted by Gasteiger charge is 2.01. The molecule has 0 aliphatic rings. The van der Waals surface area contributed by atoms with Crippen LogP contribution in [0.25, 0.3) is 0 Å². The van der Waals surface area contributed by atoms with E-state index in [0.717, 1.165) is 12.5 Å². The van der Waals surface area contributed by atoms with Gasteiger partial charge in [-0.15, -0.1) is 0 Å². The van der Waals surface area contributed by atoms with E-state index in [1.807, 2.05) is 18.2 Å². The largest absolute Gasteiger partial charge is 0.372 e. The molecule has 0 aliphatic heterocycles. The zero-order valence-electron chi connectivity index (χ0n) is 14.8. The lowest BCUT2D eigenvalue weighted by molar-refractivity contribution is 0.107. The molecule has 4 heteroatoms. The second-order valence-electron chi connectivity index (χ2n) is 6.02. The van der Waals surface area contributed by atoms with E-state index < -0.39 is 0 Å². The highest BCUT2D eigenvalue weighted by molar-refractivity contribution is 5.79. The van der Waals surface area contributed by atoms with Gasteiger partial charge >= 0.3 is 0 Å². The number of nitrogens with zero attached hydrogens (tertiary/aromatic N) is 1. The Labute approximate surface area is 145 Å². The van der Waals surface area contributed by atoms with Crippen molar-refractivity contribution in [3.63, 3.8) is 0 Å². The fourth-order valence-corrected chi connectivity index (χ4v) is 2.34. The van der Waals surface area contributed by atoms with Gasteiger partial charge in [0.15, 0.2) is 5.96 Å². The van der Waals surface area contributed by atoms with Crippen LogP contribution in [-0.4, -0.2) is 19.0 Å². The first-order valence-corrected chi connectivity index (χ1v) is 8.34. The fourth-order valence-electron chi connectivity index (χ4n) is 2.34. The van der Waals surface area contributed by atoms with Gasteiger partial charge in [0.25, 0.3) is 0 Å². The number of nitrogens with one attached hydrogen (secondary N) is 2. The molecule has 2 aromatic rings. The van der Waals surface area contributed by atoms with Gasteiger partial charge in [0, 0.05) is 19.6 Å². The van der Waals surface area contributed by atoms with Crippen LogP contribution in [0.2, 0.25) is 0 Å². The van der Waals surface area contributed by atoms with E-state index in [1.165, 1.54) is 16.7 Å². The molecule has 4 nitrogen and oxygen atoms in total. The molecule has 0 atom stereocenters. The van der Waals surface area contributed by atoms with E-state index in [-0.39, 0.29) is 0 Å². The Balaban J connectivity index is 1.82. The van der Waals surface area contributed by atoms with Crippen LogP contribution in [0.1, 0.15) is 30.5 Å². The number of ether oxygens (including phenoxy) is 1. The van der Waals surface area contributed by atoms with Gasteiger partial charge in [-0.3, -0.25) is 4.99 Å². The third-order valence-electron chi connectivity index (χ3n) is 3.48. The highest BCUT2D eigenvalue weighted by Crippen LogP contribution is 2.09. The minimum absolute atomic E-state index is 0.355. The lowest BCUT2D eigenvalue weighted by atomic mass is 10.1. The zero-order valence-corrected chi connectivity index (χ0v) is 14.8. The Morgan fingerprint density at radius 3 is 2.33 bits per heavy atom. The number of hydrogen-bond acceptors (Lipinski definition) is 2. The van der Waals surface area contributed by atoms with E-state index in [0.29, 0.717) is 19.3 Å². The van der Waals surface area contributed by atoms with Gasteiger partial charge in [-0.1, -0.05) is 54.6 Å². The summed E-state index contributed by atoms with van der Waals surface area (Å²) < 4.78 is 5.80. The lowest BCUT2D eigenvalue weighted by Gasteiger charge is -2.14. The number of hydrogen-bond donors (Lipinski definition) is 2. The van der Waals surface area contributed by atoms with Crippen molar-refractivity contribution in [1.82, 2.24) is 10.6 Å². The van der Waals surface area contributed by atoms with E-state index >= 15 is 0 Å². The van der Waals surface area contributed by atoms with Crippen LogP contribution < -0.4 is 10.6 Å². The van der Waals surface area contributed by atoms with Crippen molar-refractivity contribution in [3.8, 4) is 0 Å². The number of guanidine groups is 1. The van der Waals surface area contributed by atoms with Crippen molar-refractivity contribution >= 4 is 5.96 Å². The molecule has 0 amide bonds. The summed E-state index contributed by atoms with van der Waals surface area (Å²) in [7, 11) is 1.78. The SMILES string of the molecule is CN=C(NCc1cccc(COCc2ccccc2)c1)NC(C)C. The first kappa shape index (κ1) is 18.0. The first-order valence-electron chi connectivity index (χ1n) is 8.34. The first-order chi connectivity index (χ1) is 11.7. The summed E-state index contributed by atoms with van der Waals surface area (Å²) >= 11 is 0. The van der Waals surface area contributed by atoms with Gasteiger partial charge in [0.05, 0.1) is 13.2 Å². The van der Waals surface area contributed by atoms with Crippen molar-refractivity contribution in [3.05, 3.63) is 71.3 Å². The molecule has 24 heavy (non-hydrogen) atoms. The molecule has 0 aliphatic carbocycles. The Morgan fingerprint density at radius 1 is 0.958 bits per heavy atom. The summed E-state index contributed by atoms with van der Waals surface area (Å²) in [6.07, 6.45) is 0. The average Bonchev–Trinajstić information content (AvgIpc) is 2.59. The maximum atomic E-state index is 5.80. The predicted octanol–water partition coefficient (Wildman–Crippen LogP) is 3.48. The molecule has 2 aromatic carbocycles. The molecule has 0 bridgehead atoms. The van der Waals surface area contributed by atoms with Crippen LogP contribution in [0.4, 0.5) is 0 Å². The van der Waals surface area contributed by atoms with Gasteiger partial charge in [-0.05, 0) is 30.5 Å². The van der Waals surface area contributed by atoms with E-state index in [4.69, 9.17) is 4.74 Å². The lowest BCUT2D eigenvalue weighted by Crippen LogP contribution is -2.40. The second kappa shape index (κ2) is 9.73. The molecule has 2 N–H and O–H groups in total. The summed E-state index contributed by atoms with van der Waals surface area (Å²) in [6, 6.07) is 19.0. The smallest absolute Gasteiger partial charge is 0.191 e. The molecule has 0 unspecified atom stereocenters. The standard InChI is InChI=1S/C20H27N3O/c1-16(2)23-20(21-3)22-13-18-10-7-11-19(12-18)15-24-14-17-8-5-4-6-9-17/h4-12,16H,13-15H2,1-3H3,(H2,21,22,23). The molecule has 0 spiro atoms. The molecule has 0 fully saturated rings. The van der Waals surface area contributed by atoms with Gasteiger partial charge in [0.1, 0.15) is 0 Å². The average molecular weight is 325 g/mol. The quantitative estimate of drug-likeness (QED) is 0.605. The molecule has 0 saturated heterocycles. The summed E-state index contributed by atoms with van der Waals surface area (Å²) in [5, 5.41) is 6.61. The molecular formula is C20H27N3O. The Hall–Kier alpha value is -2.33. The number of rotatable bonds is 7. The van der Waals surface area contributed by atoms with E-state index in [9.17, 15) is 0 Å². The number of benzene rings is 2. The maximum absolute atomic E-state index is 5.80. The second-order valence-corrected chi connectivity index (χ2v) is 6.02. The van der Waals surface area contributed by atoms with Crippen molar-refractivity contribution in [2.24, 2.45) is 4.99 Å². The van der Waals surface area contributed by atoms with Crippen LogP contribution in [0, 0.1) is 0 Å². The van der Waals surface area contributed by atoms with Crippen molar-refractivity contribution in [1.29, 1.82) is 0 Å². The third kappa shape index (κ3) is 6.42. The van der Waals surface area contributed by atoms with Crippen LogP contribution in [0.5, 0.6) is 0 Å². The molecule has 0 radical (unpaired) electrons. The minimum atomic E-state index is 0.355. The van der Waals surface area contributed by atoms with Crippen LogP contribution in [0.3, 0.4) is 0 Å². The topological polar surface area (TPSA) is 45.7 Å². The van der Waals surface area contributed by atoms with Crippen LogP contribution in [-0.2, 0) is 24.5 Å². The van der Waals surface area contributed by atoms with Gasteiger partial charge in [-0.25, -0.2) is 0 Å². The van der Waals surface area contributed by atoms with E-state index in [1.54, 1.807) is 7.05 Å². The summed E-state index contributed by atoms with van der Waals surface area (Å²) in [4.78, 5) is 4.22. The monoisotopic (exact) mass is 325 g/mol. The van der Waals surface area contributed by atoms with Crippen molar-refractivity contribution in [2.75, 3.05) is 7.05 Å². The molecule has 2 rings (SSSR count). The highest BCUT2D eigenvalue weighted by atomic mass is 16.5. The Kier molecular flexibility index (Phi) is 7.30. The molecule has 0 heterocycles. The molecule has 0 saturated carbocycles. The normalized spacial score (nSPS) is 11.6. The van der Waals surface area contributed by atoms with Gasteiger partial charge < -0.3 is 15.4 Å². The zero-order chi connectivity index (χ0) is 17.2. The third-order valence-corrected chi connectivity index (χ3v) is 3.48. The minimum Gasteiger partial charge on any atom is -0.372 e. The van der Waals surface area contributed by atoms with Crippen molar-refractivity contribution in [2.45, 2.75) is 39.6 Å². The Morgan fingerprint density at radius 2 is 1.62 bits per heavy atom.